The van der Waals surface area contributed by atoms with E-state index in [2.05, 4.69) is 9.97 Å². The molecular weight excluding hydrogens is 245 g/mol. The van der Waals surface area contributed by atoms with Gasteiger partial charge in [0.2, 0.25) is 0 Å². The third-order valence-electron chi connectivity index (χ3n) is 2.41. The average molecular weight is 255 g/mol. The SMILES string of the molecule is F[B-](F)(F)c1cncc(N2CCCC2)n1.[K+]. The number of nitrogens with zero attached hydrogens (tertiary/aromatic N) is 3. The van der Waals surface area contributed by atoms with E-state index in [1.165, 1.54) is 6.20 Å². The molecule has 82 valence electrons. The van der Waals surface area contributed by atoms with Crippen LogP contribution in [0.3, 0.4) is 0 Å². The fourth-order valence-corrected chi connectivity index (χ4v) is 1.63. The first-order valence-electron chi connectivity index (χ1n) is 4.84. The monoisotopic (exact) mass is 255 g/mol. The summed E-state index contributed by atoms with van der Waals surface area (Å²) < 4.78 is 37.2. The van der Waals surface area contributed by atoms with Crippen molar-refractivity contribution in [2.75, 3.05) is 18.0 Å². The number of halogens is 3. The molecule has 1 aromatic rings. The zero-order chi connectivity index (χ0) is 10.9. The molecule has 3 nitrogen and oxygen atoms in total. The zero-order valence-corrected chi connectivity index (χ0v) is 12.2. The molecule has 1 aromatic heterocycles. The van der Waals surface area contributed by atoms with Crippen LogP contribution in [0.4, 0.5) is 18.8 Å². The molecule has 0 aromatic carbocycles. The summed E-state index contributed by atoms with van der Waals surface area (Å²) in [6.07, 6.45) is 4.17. The Balaban J connectivity index is 0.00000128. The summed E-state index contributed by atoms with van der Waals surface area (Å²) in [6, 6.07) is 0. The second kappa shape index (κ2) is 5.81. The minimum Gasteiger partial charge on any atom is -0.444 e. The van der Waals surface area contributed by atoms with Crippen molar-refractivity contribution in [1.29, 1.82) is 0 Å². The largest absolute Gasteiger partial charge is 1.00 e. The first-order chi connectivity index (χ1) is 7.07. The smallest absolute Gasteiger partial charge is 0.444 e. The van der Waals surface area contributed by atoms with E-state index in [0.717, 1.165) is 32.1 Å². The topological polar surface area (TPSA) is 29.0 Å². The molecule has 2 rings (SSSR count). The summed E-state index contributed by atoms with van der Waals surface area (Å²) in [4.78, 5) is 9.01. The van der Waals surface area contributed by atoms with E-state index in [0.29, 0.717) is 5.82 Å². The van der Waals surface area contributed by atoms with Gasteiger partial charge in [-0.2, -0.15) is 0 Å². The van der Waals surface area contributed by atoms with Crippen LogP contribution in [0.15, 0.2) is 12.4 Å². The quantitative estimate of drug-likeness (QED) is 0.580. The fourth-order valence-electron chi connectivity index (χ4n) is 1.63. The van der Waals surface area contributed by atoms with E-state index >= 15 is 0 Å². The van der Waals surface area contributed by atoms with Crippen molar-refractivity contribution >= 4 is 18.4 Å². The Hall–Kier alpha value is 0.371. The Kier molecular flexibility index (Phi) is 5.24. The first-order valence-corrected chi connectivity index (χ1v) is 4.84. The number of hydrogen-bond acceptors (Lipinski definition) is 3. The summed E-state index contributed by atoms with van der Waals surface area (Å²) >= 11 is 0. The van der Waals surface area contributed by atoms with Crippen molar-refractivity contribution < 1.29 is 64.3 Å². The van der Waals surface area contributed by atoms with Crippen LogP contribution in [0.2, 0.25) is 0 Å². The van der Waals surface area contributed by atoms with Crippen LogP contribution in [0.25, 0.3) is 0 Å². The van der Waals surface area contributed by atoms with Crippen LogP contribution in [-0.2, 0) is 0 Å². The molecule has 1 aliphatic rings. The second-order valence-corrected chi connectivity index (χ2v) is 3.57. The molecule has 0 radical (unpaired) electrons. The molecular formula is C8H10BF3KN3. The van der Waals surface area contributed by atoms with E-state index in [9.17, 15) is 12.9 Å². The number of aromatic nitrogens is 2. The van der Waals surface area contributed by atoms with Crippen molar-refractivity contribution in [3.63, 3.8) is 0 Å². The third kappa shape index (κ3) is 3.43. The maximum absolute atomic E-state index is 12.4. The Morgan fingerprint density at radius 1 is 1.12 bits per heavy atom. The van der Waals surface area contributed by atoms with Gasteiger partial charge in [0.1, 0.15) is 5.82 Å². The fraction of sp³-hybridized carbons (Fsp3) is 0.500. The van der Waals surface area contributed by atoms with Gasteiger partial charge in [-0.3, -0.25) is 9.97 Å². The van der Waals surface area contributed by atoms with E-state index in [-0.39, 0.29) is 51.4 Å². The molecule has 1 fully saturated rings. The first kappa shape index (κ1) is 14.4. The molecule has 0 aliphatic carbocycles. The second-order valence-electron chi connectivity index (χ2n) is 3.57. The normalized spacial score (nSPS) is 16.1. The summed E-state index contributed by atoms with van der Waals surface area (Å²) in [5.41, 5.74) is -0.862. The molecule has 0 N–H and O–H groups in total. The molecule has 0 spiro atoms. The number of anilines is 1. The summed E-state index contributed by atoms with van der Waals surface area (Å²) in [7, 11) is 0. The van der Waals surface area contributed by atoms with Crippen molar-refractivity contribution in [2.24, 2.45) is 0 Å². The predicted molar refractivity (Wildman–Crippen MR) is 52.2 cm³/mol. The van der Waals surface area contributed by atoms with Crippen molar-refractivity contribution in [2.45, 2.75) is 12.8 Å². The van der Waals surface area contributed by atoms with Gasteiger partial charge in [0.15, 0.2) is 0 Å². The molecule has 0 bridgehead atoms. The Labute approximate surface area is 134 Å². The van der Waals surface area contributed by atoms with Gasteiger partial charge in [-0.05, 0) is 12.8 Å². The molecule has 0 amide bonds. The van der Waals surface area contributed by atoms with Crippen molar-refractivity contribution in [3.05, 3.63) is 12.4 Å². The standard InChI is InChI=1S/C8H10BF3N3.K/c10-9(11,12)7-5-13-6-8(14-7)15-3-1-2-4-15;/h5-6H,1-4H2;/q-1;+1. The van der Waals surface area contributed by atoms with Gasteiger partial charge in [0.25, 0.3) is 0 Å². The van der Waals surface area contributed by atoms with Crippen LogP contribution < -0.4 is 61.9 Å². The molecule has 1 saturated heterocycles. The molecule has 1 aliphatic heterocycles. The van der Waals surface area contributed by atoms with E-state index in [1.807, 2.05) is 4.90 Å². The van der Waals surface area contributed by atoms with Gasteiger partial charge >= 0.3 is 58.4 Å². The summed E-state index contributed by atoms with van der Waals surface area (Å²) in [6.45, 7) is -3.51. The molecule has 0 saturated carbocycles. The summed E-state index contributed by atoms with van der Waals surface area (Å²) in [5, 5.41) is 0. The predicted octanol–water partition coefficient (Wildman–Crippen LogP) is -1.86. The zero-order valence-electron chi connectivity index (χ0n) is 9.04. The molecule has 0 atom stereocenters. The van der Waals surface area contributed by atoms with Gasteiger partial charge in [-0.25, -0.2) is 0 Å². The third-order valence-corrected chi connectivity index (χ3v) is 2.41. The van der Waals surface area contributed by atoms with Crippen LogP contribution >= 0.6 is 0 Å². The van der Waals surface area contributed by atoms with Gasteiger partial charge in [0.05, 0.1) is 6.20 Å². The van der Waals surface area contributed by atoms with E-state index < -0.39 is 12.6 Å². The Bertz CT molecular complexity index is 355. The minimum absolute atomic E-state index is 0. The van der Waals surface area contributed by atoms with Gasteiger partial charge in [-0.15, -0.1) is 0 Å². The van der Waals surface area contributed by atoms with Gasteiger partial charge in [0, 0.05) is 24.9 Å². The molecule has 2 heterocycles. The van der Waals surface area contributed by atoms with Crippen LogP contribution in [0.5, 0.6) is 0 Å². The van der Waals surface area contributed by atoms with Gasteiger partial charge < -0.3 is 17.8 Å². The molecule has 0 unspecified atom stereocenters. The Morgan fingerprint density at radius 2 is 1.75 bits per heavy atom. The number of hydrogen-bond donors (Lipinski definition) is 0. The number of rotatable bonds is 2. The molecule has 8 heteroatoms. The average Bonchev–Trinajstić information content (AvgIpc) is 2.69. The Morgan fingerprint density at radius 3 is 2.31 bits per heavy atom. The maximum Gasteiger partial charge on any atom is 1.00 e. The van der Waals surface area contributed by atoms with Crippen molar-refractivity contribution in [3.8, 4) is 0 Å². The van der Waals surface area contributed by atoms with Crippen molar-refractivity contribution in [1.82, 2.24) is 9.97 Å². The maximum atomic E-state index is 12.4. The molecule has 16 heavy (non-hydrogen) atoms. The van der Waals surface area contributed by atoms with E-state index in [4.69, 9.17) is 0 Å². The summed E-state index contributed by atoms with van der Waals surface area (Å²) in [5.74, 6) is 0.337. The van der Waals surface area contributed by atoms with Crippen LogP contribution in [0.1, 0.15) is 12.8 Å². The minimum atomic E-state index is -5.04. The van der Waals surface area contributed by atoms with Crippen LogP contribution in [0, 0.1) is 0 Å². The van der Waals surface area contributed by atoms with Crippen LogP contribution in [-0.4, -0.2) is 30.0 Å². The van der Waals surface area contributed by atoms with E-state index in [1.54, 1.807) is 0 Å². The van der Waals surface area contributed by atoms with Gasteiger partial charge in [-0.1, -0.05) is 0 Å².